The fourth-order valence-electron chi connectivity index (χ4n) is 1.97. The van der Waals surface area contributed by atoms with E-state index in [1.54, 1.807) is 0 Å². The second kappa shape index (κ2) is 5.65. The molecule has 0 spiro atoms. The van der Waals surface area contributed by atoms with E-state index in [0.29, 0.717) is 6.54 Å². The van der Waals surface area contributed by atoms with Gasteiger partial charge in [-0.05, 0) is 29.3 Å². The average molecular weight is 243 g/mol. The number of benzene rings is 2. The molecular formula is C15H17NO2. The summed E-state index contributed by atoms with van der Waals surface area (Å²) in [5, 5.41) is 14.3. The Bertz CT molecular complexity index is 551. The van der Waals surface area contributed by atoms with Crippen LogP contribution in [0.2, 0.25) is 0 Å². The summed E-state index contributed by atoms with van der Waals surface area (Å²) < 4.78 is 0. The molecule has 0 radical (unpaired) electrons. The van der Waals surface area contributed by atoms with Gasteiger partial charge in [-0.1, -0.05) is 36.4 Å². The van der Waals surface area contributed by atoms with Crippen molar-refractivity contribution in [3.05, 3.63) is 48.0 Å². The predicted molar refractivity (Wildman–Crippen MR) is 72.5 cm³/mol. The van der Waals surface area contributed by atoms with Crippen LogP contribution < -0.4 is 5.32 Å². The van der Waals surface area contributed by atoms with Gasteiger partial charge in [0.25, 0.3) is 0 Å². The molecule has 0 saturated heterocycles. The topological polar surface area (TPSA) is 49.3 Å². The molecule has 0 aliphatic rings. The molecule has 3 nitrogen and oxygen atoms in total. The molecule has 2 N–H and O–H groups in total. The van der Waals surface area contributed by atoms with Gasteiger partial charge in [0.05, 0.1) is 6.42 Å². The summed E-state index contributed by atoms with van der Waals surface area (Å²) in [5.74, 6) is -0.770. The van der Waals surface area contributed by atoms with Gasteiger partial charge in [0.1, 0.15) is 0 Å². The van der Waals surface area contributed by atoms with Crippen LogP contribution in [-0.2, 0) is 11.3 Å². The standard InChI is InChI=1S/C15H17NO2/c1-11(8-15(17)18)16-10-12-6-7-13-4-2-3-5-14(13)9-12/h2-7,9,11,16H,8,10H2,1H3,(H,17,18)/t11-/m1/s1. The lowest BCUT2D eigenvalue weighted by Crippen LogP contribution is -2.27. The van der Waals surface area contributed by atoms with Crippen molar-refractivity contribution in [1.29, 1.82) is 0 Å². The van der Waals surface area contributed by atoms with Crippen LogP contribution in [0.25, 0.3) is 10.8 Å². The van der Waals surface area contributed by atoms with Crippen LogP contribution in [0.1, 0.15) is 18.9 Å². The molecule has 0 amide bonds. The summed E-state index contributed by atoms with van der Waals surface area (Å²) in [5.41, 5.74) is 1.17. The zero-order valence-electron chi connectivity index (χ0n) is 10.4. The smallest absolute Gasteiger partial charge is 0.304 e. The largest absolute Gasteiger partial charge is 0.481 e. The Morgan fingerprint density at radius 3 is 2.67 bits per heavy atom. The summed E-state index contributed by atoms with van der Waals surface area (Å²) in [6.45, 7) is 2.58. The van der Waals surface area contributed by atoms with Crippen molar-refractivity contribution >= 4 is 16.7 Å². The molecular weight excluding hydrogens is 226 g/mol. The van der Waals surface area contributed by atoms with E-state index in [4.69, 9.17) is 5.11 Å². The normalized spacial score (nSPS) is 12.5. The Balaban J connectivity index is 2.01. The van der Waals surface area contributed by atoms with E-state index in [1.165, 1.54) is 16.3 Å². The maximum atomic E-state index is 10.6. The van der Waals surface area contributed by atoms with Crippen LogP contribution in [0, 0.1) is 0 Å². The molecule has 0 fully saturated rings. The molecule has 0 saturated carbocycles. The van der Waals surface area contributed by atoms with Crippen molar-refractivity contribution in [2.75, 3.05) is 0 Å². The monoisotopic (exact) mass is 243 g/mol. The van der Waals surface area contributed by atoms with E-state index in [2.05, 4.69) is 35.6 Å². The van der Waals surface area contributed by atoms with Gasteiger partial charge in [0.15, 0.2) is 0 Å². The highest BCUT2D eigenvalue weighted by atomic mass is 16.4. The van der Waals surface area contributed by atoms with Crippen molar-refractivity contribution in [1.82, 2.24) is 5.32 Å². The van der Waals surface area contributed by atoms with Gasteiger partial charge in [-0.3, -0.25) is 4.79 Å². The van der Waals surface area contributed by atoms with Gasteiger partial charge in [0, 0.05) is 12.6 Å². The van der Waals surface area contributed by atoms with E-state index < -0.39 is 5.97 Å². The molecule has 18 heavy (non-hydrogen) atoms. The molecule has 0 aromatic heterocycles. The molecule has 1 atom stereocenters. The Morgan fingerprint density at radius 2 is 1.94 bits per heavy atom. The molecule has 0 aliphatic heterocycles. The van der Waals surface area contributed by atoms with Crippen molar-refractivity contribution in [3.63, 3.8) is 0 Å². The third kappa shape index (κ3) is 3.31. The molecule has 2 rings (SSSR count). The first kappa shape index (κ1) is 12.6. The molecule has 0 aliphatic carbocycles. The Morgan fingerprint density at radius 1 is 1.22 bits per heavy atom. The first-order valence-corrected chi connectivity index (χ1v) is 6.08. The van der Waals surface area contributed by atoms with E-state index in [1.807, 2.05) is 19.1 Å². The zero-order chi connectivity index (χ0) is 13.0. The lowest BCUT2D eigenvalue weighted by Gasteiger charge is -2.11. The van der Waals surface area contributed by atoms with Crippen LogP contribution in [0.3, 0.4) is 0 Å². The summed E-state index contributed by atoms with van der Waals surface area (Å²) in [7, 11) is 0. The second-order valence-electron chi connectivity index (χ2n) is 4.56. The van der Waals surface area contributed by atoms with Crippen molar-refractivity contribution < 1.29 is 9.90 Å². The van der Waals surface area contributed by atoms with Gasteiger partial charge in [-0.2, -0.15) is 0 Å². The molecule has 0 bridgehead atoms. The number of hydrogen-bond donors (Lipinski definition) is 2. The maximum absolute atomic E-state index is 10.6. The fraction of sp³-hybridized carbons (Fsp3) is 0.267. The summed E-state index contributed by atoms with van der Waals surface area (Å²) >= 11 is 0. The number of hydrogen-bond acceptors (Lipinski definition) is 2. The van der Waals surface area contributed by atoms with Gasteiger partial charge >= 0.3 is 5.97 Å². The van der Waals surface area contributed by atoms with Crippen LogP contribution in [0.15, 0.2) is 42.5 Å². The Hall–Kier alpha value is -1.87. The van der Waals surface area contributed by atoms with E-state index in [-0.39, 0.29) is 12.5 Å². The van der Waals surface area contributed by atoms with E-state index in [0.717, 1.165) is 0 Å². The highest BCUT2D eigenvalue weighted by molar-refractivity contribution is 5.82. The Kier molecular flexibility index (Phi) is 3.95. The maximum Gasteiger partial charge on any atom is 0.304 e. The van der Waals surface area contributed by atoms with Crippen LogP contribution >= 0.6 is 0 Å². The van der Waals surface area contributed by atoms with Gasteiger partial charge in [-0.25, -0.2) is 0 Å². The summed E-state index contributed by atoms with van der Waals surface area (Å²) in [6.07, 6.45) is 0.146. The van der Waals surface area contributed by atoms with Crippen molar-refractivity contribution in [3.8, 4) is 0 Å². The molecule has 94 valence electrons. The SMILES string of the molecule is C[C@H](CC(=O)O)NCc1ccc2ccccc2c1. The number of fused-ring (bicyclic) bond motifs is 1. The number of rotatable bonds is 5. The first-order chi connectivity index (χ1) is 8.65. The quantitative estimate of drug-likeness (QED) is 0.849. The third-order valence-electron chi connectivity index (χ3n) is 2.95. The van der Waals surface area contributed by atoms with Gasteiger partial charge in [0.2, 0.25) is 0 Å². The van der Waals surface area contributed by atoms with E-state index in [9.17, 15) is 4.79 Å². The molecule has 0 unspecified atom stereocenters. The lowest BCUT2D eigenvalue weighted by atomic mass is 10.1. The zero-order valence-corrected chi connectivity index (χ0v) is 10.4. The second-order valence-corrected chi connectivity index (χ2v) is 4.56. The van der Waals surface area contributed by atoms with E-state index >= 15 is 0 Å². The highest BCUT2D eigenvalue weighted by Gasteiger charge is 2.06. The fourth-order valence-corrected chi connectivity index (χ4v) is 1.97. The number of carboxylic acids is 1. The molecule has 2 aromatic rings. The molecule has 0 heterocycles. The predicted octanol–water partition coefficient (Wildman–Crippen LogP) is 2.79. The minimum absolute atomic E-state index is 0.0195. The molecule has 3 heteroatoms. The number of carboxylic acid groups (broad SMARTS) is 1. The summed E-state index contributed by atoms with van der Waals surface area (Å²) in [6, 6.07) is 14.5. The average Bonchev–Trinajstić information content (AvgIpc) is 2.35. The number of carbonyl (C=O) groups is 1. The third-order valence-corrected chi connectivity index (χ3v) is 2.95. The van der Waals surface area contributed by atoms with Crippen LogP contribution in [0.4, 0.5) is 0 Å². The van der Waals surface area contributed by atoms with Crippen molar-refractivity contribution in [2.45, 2.75) is 25.9 Å². The Labute approximate surface area is 106 Å². The van der Waals surface area contributed by atoms with Crippen LogP contribution in [0.5, 0.6) is 0 Å². The minimum Gasteiger partial charge on any atom is -0.481 e. The van der Waals surface area contributed by atoms with Gasteiger partial charge < -0.3 is 10.4 Å². The van der Waals surface area contributed by atoms with Crippen molar-refractivity contribution in [2.24, 2.45) is 0 Å². The van der Waals surface area contributed by atoms with Gasteiger partial charge in [-0.15, -0.1) is 0 Å². The first-order valence-electron chi connectivity index (χ1n) is 6.08. The summed E-state index contributed by atoms with van der Waals surface area (Å²) in [4.78, 5) is 10.6. The lowest BCUT2D eigenvalue weighted by molar-refractivity contribution is -0.137. The highest BCUT2D eigenvalue weighted by Crippen LogP contribution is 2.15. The number of aliphatic carboxylic acids is 1. The van der Waals surface area contributed by atoms with Crippen LogP contribution in [-0.4, -0.2) is 17.1 Å². The number of nitrogens with one attached hydrogen (secondary N) is 1. The minimum atomic E-state index is -0.770. The molecule has 2 aromatic carbocycles.